The number of halogens is 1. The van der Waals surface area contributed by atoms with Gasteiger partial charge in [0, 0.05) is 5.56 Å². The normalized spacial score (nSPS) is 13.8. The van der Waals surface area contributed by atoms with Gasteiger partial charge in [-0.15, -0.1) is 0 Å². The third-order valence-electron chi connectivity index (χ3n) is 2.88. The Morgan fingerprint density at radius 1 is 1.44 bits per heavy atom. The van der Waals surface area contributed by atoms with Gasteiger partial charge in [0.25, 0.3) is 0 Å². The summed E-state index contributed by atoms with van der Waals surface area (Å²) in [6.07, 6.45) is 0. The van der Waals surface area contributed by atoms with Crippen LogP contribution in [-0.2, 0) is 0 Å². The highest BCUT2D eigenvalue weighted by Gasteiger charge is 2.25. The van der Waals surface area contributed by atoms with Crippen LogP contribution < -0.4 is 15.2 Å². The fourth-order valence-electron chi connectivity index (χ4n) is 2.07. The summed E-state index contributed by atoms with van der Waals surface area (Å²) in [7, 11) is 0. The highest BCUT2D eigenvalue weighted by atomic mass is 79.9. The molecule has 2 N–H and O–H groups in total. The average Bonchev–Trinajstić information content (AvgIpc) is 2.37. The molecule has 1 aromatic carbocycles. The SMILES string of the molecule is CC(C)c1c(C(=O)CN)cc2c(c1Br)OCCO2. The molecule has 0 radical (unpaired) electrons. The van der Waals surface area contributed by atoms with Crippen LogP contribution in [0.3, 0.4) is 0 Å². The van der Waals surface area contributed by atoms with Crippen molar-refractivity contribution in [3.05, 3.63) is 21.7 Å². The van der Waals surface area contributed by atoms with Gasteiger partial charge in [-0.05, 0) is 33.5 Å². The van der Waals surface area contributed by atoms with Crippen LogP contribution in [0.15, 0.2) is 10.5 Å². The van der Waals surface area contributed by atoms with Crippen molar-refractivity contribution in [2.75, 3.05) is 19.8 Å². The highest BCUT2D eigenvalue weighted by molar-refractivity contribution is 9.10. The molecule has 0 fully saturated rings. The standard InChI is InChI=1S/C13H16BrNO3/c1-7(2)11-8(9(16)6-15)5-10-13(12(11)14)18-4-3-17-10/h5,7H,3-4,6,15H2,1-2H3. The van der Waals surface area contributed by atoms with Gasteiger partial charge in [-0.2, -0.15) is 0 Å². The fraction of sp³-hybridized carbons (Fsp3) is 0.462. The second-order valence-electron chi connectivity index (χ2n) is 4.46. The number of fused-ring (bicyclic) bond motifs is 1. The number of hydrogen-bond donors (Lipinski definition) is 1. The quantitative estimate of drug-likeness (QED) is 0.871. The number of ether oxygens (including phenoxy) is 2. The zero-order valence-corrected chi connectivity index (χ0v) is 12.0. The number of nitrogens with two attached hydrogens (primary N) is 1. The molecule has 5 heteroatoms. The molecule has 2 rings (SSSR count). The van der Waals surface area contributed by atoms with Crippen LogP contribution in [0.2, 0.25) is 0 Å². The van der Waals surface area contributed by atoms with E-state index in [0.717, 1.165) is 10.0 Å². The summed E-state index contributed by atoms with van der Waals surface area (Å²) >= 11 is 3.52. The largest absolute Gasteiger partial charge is 0.486 e. The summed E-state index contributed by atoms with van der Waals surface area (Å²) in [5, 5.41) is 0. The number of Topliss-reactive ketones (excluding diaryl/α,β-unsaturated/α-hetero) is 1. The minimum atomic E-state index is -0.0867. The Labute approximate surface area is 115 Å². The molecule has 18 heavy (non-hydrogen) atoms. The van der Waals surface area contributed by atoms with Gasteiger partial charge >= 0.3 is 0 Å². The Bertz CT molecular complexity index is 486. The Kier molecular flexibility index (Phi) is 3.92. The van der Waals surface area contributed by atoms with E-state index in [1.54, 1.807) is 6.07 Å². The second-order valence-corrected chi connectivity index (χ2v) is 5.25. The van der Waals surface area contributed by atoms with Gasteiger partial charge in [0.1, 0.15) is 13.2 Å². The second kappa shape index (κ2) is 5.28. The molecule has 98 valence electrons. The van der Waals surface area contributed by atoms with Crippen molar-refractivity contribution in [2.24, 2.45) is 5.73 Å². The molecule has 0 saturated carbocycles. The zero-order valence-electron chi connectivity index (χ0n) is 10.5. The maximum absolute atomic E-state index is 11.9. The molecule has 4 nitrogen and oxygen atoms in total. The number of rotatable bonds is 3. The van der Waals surface area contributed by atoms with Crippen LogP contribution >= 0.6 is 15.9 Å². The summed E-state index contributed by atoms with van der Waals surface area (Å²) in [4.78, 5) is 11.9. The molecule has 0 saturated heterocycles. The molecule has 0 atom stereocenters. The van der Waals surface area contributed by atoms with Crippen molar-refractivity contribution in [1.82, 2.24) is 0 Å². The fourth-order valence-corrected chi connectivity index (χ4v) is 3.05. The Morgan fingerprint density at radius 2 is 2.11 bits per heavy atom. The maximum atomic E-state index is 11.9. The number of ketones is 1. The summed E-state index contributed by atoms with van der Waals surface area (Å²) in [6, 6.07) is 1.74. The molecule has 0 amide bonds. The number of carbonyl (C=O) groups excluding carboxylic acids is 1. The van der Waals surface area contributed by atoms with Crippen LogP contribution in [0.4, 0.5) is 0 Å². The Hall–Kier alpha value is -1.07. The first kappa shape index (κ1) is 13.4. The van der Waals surface area contributed by atoms with Gasteiger partial charge in [-0.1, -0.05) is 13.8 Å². The van der Waals surface area contributed by atoms with Crippen LogP contribution in [-0.4, -0.2) is 25.5 Å². The molecular formula is C13H16BrNO3. The third kappa shape index (κ3) is 2.24. The van der Waals surface area contributed by atoms with E-state index in [0.29, 0.717) is 30.3 Å². The third-order valence-corrected chi connectivity index (χ3v) is 3.66. The molecule has 1 aliphatic heterocycles. The van der Waals surface area contributed by atoms with E-state index in [-0.39, 0.29) is 18.2 Å². The monoisotopic (exact) mass is 313 g/mol. The topological polar surface area (TPSA) is 61.6 Å². The first-order valence-electron chi connectivity index (χ1n) is 5.91. The van der Waals surface area contributed by atoms with Crippen molar-refractivity contribution >= 4 is 21.7 Å². The van der Waals surface area contributed by atoms with Gasteiger partial charge in [0.2, 0.25) is 0 Å². The van der Waals surface area contributed by atoms with Crippen molar-refractivity contribution in [2.45, 2.75) is 19.8 Å². The number of hydrogen-bond acceptors (Lipinski definition) is 4. The van der Waals surface area contributed by atoms with E-state index in [9.17, 15) is 4.79 Å². The molecule has 0 unspecified atom stereocenters. The van der Waals surface area contributed by atoms with Gasteiger partial charge in [-0.3, -0.25) is 4.79 Å². The Balaban J connectivity index is 2.64. The number of carbonyl (C=O) groups is 1. The van der Waals surface area contributed by atoms with Crippen LogP contribution in [0.5, 0.6) is 11.5 Å². The summed E-state index contributed by atoms with van der Waals surface area (Å²) < 4.78 is 11.9. The molecular weight excluding hydrogens is 298 g/mol. The lowest BCUT2D eigenvalue weighted by molar-refractivity contribution is 0.0998. The molecule has 0 aliphatic carbocycles. The average molecular weight is 314 g/mol. The summed E-state index contributed by atoms with van der Waals surface area (Å²) in [5.74, 6) is 1.39. The highest BCUT2D eigenvalue weighted by Crippen LogP contribution is 2.44. The van der Waals surface area contributed by atoms with Crippen molar-refractivity contribution < 1.29 is 14.3 Å². The Morgan fingerprint density at radius 3 is 2.72 bits per heavy atom. The van der Waals surface area contributed by atoms with Gasteiger partial charge in [0.05, 0.1) is 11.0 Å². The van der Waals surface area contributed by atoms with E-state index in [4.69, 9.17) is 15.2 Å². The predicted molar refractivity (Wildman–Crippen MR) is 72.6 cm³/mol. The van der Waals surface area contributed by atoms with Crippen molar-refractivity contribution in [1.29, 1.82) is 0 Å². The van der Waals surface area contributed by atoms with E-state index in [2.05, 4.69) is 15.9 Å². The maximum Gasteiger partial charge on any atom is 0.176 e. The first-order chi connectivity index (χ1) is 8.56. The van der Waals surface area contributed by atoms with Crippen LogP contribution in [0.25, 0.3) is 0 Å². The summed E-state index contributed by atoms with van der Waals surface area (Å²) in [6.45, 7) is 5.07. The van der Waals surface area contributed by atoms with E-state index in [1.807, 2.05) is 13.8 Å². The van der Waals surface area contributed by atoms with Gasteiger partial charge in [0.15, 0.2) is 17.3 Å². The molecule has 0 spiro atoms. The molecule has 1 heterocycles. The molecule has 1 aliphatic rings. The molecule has 0 bridgehead atoms. The summed E-state index contributed by atoms with van der Waals surface area (Å²) in [5.41, 5.74) is 7.00. The van der Waals surface area contributed by atoms with Crippen LogP contribution in [0.1, 0.15) is 35.7 Å². The lowest BCUT2D eigenvalue weighted by Gasteiger charge is -2.24. The smallest absolute Gasteiger partial charge is 0.176 e. The molecule has 0 aromatic heterocycles. The van der Waals surface area contributed by atoms with Crippen LogP contribution in [0, 0.1) is 0 Å². The number of benzene rings is 1. The lowest BCUT2D eigenvalue weighted by atomic mass is 9.93. The van der Waals surface area contributed by atoms with Crippen molar-refractivity contribution in [3.8, 4) is 11.5 Å². The van der Waals surface area contributed by atoms with E-state index < -0.39 is 0 Å². The zero-order chi connectivity index (χ0) is 13.3. The minimum Gasteiger partial charge on any atom is -0.486 e. The van der Waals surface area contributed by atoms with Gasteiger partial charge in [-0.25, -0.2) is 0 Å². The lowest BCUT2D eigenvalue weighted by Crippen LogP contribution is -2.20. The van der Waals surface area contributed by atoms with E-state index >= 15 is 0 Å². The first-order valence-corrected chi connectivity index (χ1v) is 6.70. The molecule has 1 aromatic rings. The minimum absolute atomic E-state index is 0.00813. The van der Waals surface area contributed by atoms with Gasteiger partial charge < -0.3 is 15.2 Å². The predicted octanol–water partition coefficient (Wildman–Crippen LogP) is 2.49. The van der Waals surface area contributed by atoms with Crippen molar-refractivity contribution in [3.63, 3.8) is 0 Å². The van der Waals surface area contributed by atoms with E-state index in [1.165, 1.54) is 0 Å².